The number of unbranched alkanes of at least 4 members (excludes halogenated alkanes) is 9. The molecule has 0 saturated heterocycles. The molecule has 0 aromatic heterocycles. The molecule has 0 amide bonds. The van der Waals surface area contributed by atoms with Crippen LogP contribution in [-0.2, 0) is 4.74 Å². The Balaban J connectivity index is 0.899. The topological polar surface area (TPSA) is 18.5 Å². The van der Waals surface area contributed by atoms with Gasteiger partial charge in [0, 0.05) is 6.61 Å². The first-order valence-corrected chi connectivity index (χ1v) is 16.8. The predicted octanol–water partition coefficient (Wildman–Crippen LogP) is 11.3. The van der Waals surface area contributed by atoms with Gasteiger partial charge < -0.3 is 9.47 Å². The van der Waals surface area contributed by atoms with Crippen molar-refractivity contribution in [3.8, 4) is 16.9 Å². The fraction of sp³-hybridized carbons (Fsp3) is 0.632. The molecule has 2 saturated carbocycles. The van der Waals surface area contributed by atoms with Gasteiger partial charge in [-0.25, -0.2) is 0 Å². The van der Waals surface area contributed by atoms with E-state index in [1.165, 1.54) is 131 Å². The van der Waals surface area contributed by atoms with Crippen LogP contribution < -0.4 is 4.74 Å². The van der Waals surface area contributed by atoms with Crippen molar-refractivity contribution in [1.29, 1.82) is 0 Å². The molecular formula is C38H56O2. The van der Waals surface area contributed by atoms with Crippen LogP contribution in [0.25, 0.3) is 11.1 Å². The molecule has 2 aromatic carbocycles. The summed E-state index contributed by atoms with van der Waals surface area (Å²) >= 11 is 0. The van der Waals surface area contributed by atoms with Crippen LogP contribution in [0.2, 0.25) is 0 Å². The first-order valence-electron chi connectivity index (χ1n) is 16.8. The lowest BCUT2D eigenvalue weighted by atomic mass is 9.72. The molecule has 0 spiro atoms. The summed E-state index contributed by atoms with van der Waals surface area (Å²) < 4.78 is 12.2. The average molecular weight is 545 g/mol. The largest absolute Gasteiger partial charge is 0.494 e. The van der Waals surface area contributed by atoms with E-state index in [9.17, 15) is 0 Å². The van der Waals surface area contributed by atoms with E-state index in [4.69, 9.17) is 9.47 Å². The van der Waals surface area contributed by atoms with Crippen molar-refractivity contribution in [2.75, 3.05) is 13.2 Å². The minimum absolute atomic E-state index is 0.546. The van der Waals surface area contributed by atoms with Crippen molar-refractivity contribution in [2.45, 2.75) is 129 Å². The van der Waals surface area contributed by atoms with E-state index in [0.717, 1.165) is 37.2 Å². The Hall–Kier alpha value is -2.06. The molecule has 2 aliphatic carbocycles. The first-order chi connectivity index (χ1) is 19.7. The Morgan fingerprint density at radius 3 is 1.62 bits per heavy atom. The van der Waals surface area contributed by atoms with E-state index in [-0.39, 0.29) is 0 Å². The van der Waals surface area contributed by atoms with Crippen LogP contribution in [0.15, 0.2) is 60.7 Å². The van der Waals surface area contributed by atoms with E-state index in [1.807, 2.05) is 0 Å². The first kappa shape index (κ1) is 30.9. The third kappa shape index (κ3) is 11.1. The fourth-order valence-electron chi connectivity index (χ4n) is 6.79. The van der Waals surface area contributed by atoms with Crippen molar-refractivity contribution in [3.05, 3.63) is 66.2 Å². The van der Waals surface area contributed by atoms with Crippen molar-refractivity contribution in [1.82, 2.24) is 0 Å². The highest BCUT2D eigenvalue weighted by atomic mass is 16.5. The Kier molecular flexibility index (Phi) is 13.7. The quantitative estimate of drug-likeness (QED) is 0.146. The number of hydrogen-bond donors (Lipinski definition) is 0. The van der Waals surface area contributed by atoms with Crippen LogP contribution in [0.3, 0.4) is 0 Å². The Bertz CT molecular complexity index is 942. The second-order valence-electron chi connectivity index (χ2n) is 12.8. The molecule has 0 N–H and O–H groups in total. The lowest BCUT2D eigenvalue weighted by Gasteiger charge is -2.36. The number of aryl methyl sites for hydroxylation is 1. The molecule has 0 unspecified atom stereocenters. The normalized spacial score (nSPS) is 20.1. The SMILES string of the molecule is C=C1CCC(C2CCC(OCCCCCCCCCCCCOc3ccc(-c4ccc(C)cc4)cc3)CC2)CC1. The predicted molar refractivity (Wildman–Crippen MR) is 171 cm³/mol. The molecule has 2 fully saturated rings. The monoisotopic (exact) mass is 544 g/mol. The van der Waals surface area contributed by atoms with E-state index in [1.54, 1.807) is 0 Å². The summed E-state index contributed by atoms with van der Waals surface area (Å²) in [6, 6.07) is 17.2. The van der Waals surface area contributed by atoms with Crippen LogP contribution in [0, 0.1) is 18.8 Å². The third-order valence-electron chi connectivity index (χ3n) is 9.52. The van der Waals surface area contributed by atoms with Crippen LogP contribution >= 0.6 is 0 Å². The van der Waals surface area contributed by atoms with Crippen LogP contribution in [0.1, 0.15) is 121 Å². The Morgan fingerprint density at radius 2 is 1.05 bits per heavy atom. The average Bonchev–Trinajstić information content (AvgIpc) is 2.99. The maximum Gasteiger partial charge on any atom is 0.119 e. The molecule has 2 nitrogen and oxygen atoms in total. The fourth-order valence-corrected chi connectivity index (χ4v) is 6.79. The van der Waals surface area contributed by atoms with E-state index >= 15 is 0 Å². The third-order valence-corrected chi connectivity index (χ3v) is 9.52. The highest BCUT2D eigenvalue weighted by Crippen LogP contribution is 2.40. The molecule has 0 bridgehead atoms. The van der Waals surface area contributed by atoms with Crippen molar-refractivity contribution in [3.63, 3.8) is 0 Å². The van der Waals surface area contributed by atoms with Gasteiger partial charge in [-0.2, -0.15) is 0 Å². The number of allylic oxidation sites excluding steroid dienone is 1. The molecule has 40 heavy (non-hydrogen) atoms. The van der Waals surface area contributed by atoms with Gasteiger partial charge in [-0.15, -0.1) is 0 Å². The van der Waals surface area contributed by atoms with Gasteiger partial charge in [-0.05, 0) is 106 Å². The second kappa shape index (κ2) is 17.7. The maximum absolute atomic E-state index is 6.26. The number of hydrogen-bond acceptors (Lipinski definition) is 2. The standard InChI is InChI=1S/C38H56O2/c1-31-13-17-33(18-14-31)35-21-25-37(26-22-35)39-29-11-9-7-5-3-4-6-8-10-12-30-40-38-27-23-36(24-28-38)34-19-15-32(2)16-20-34/h15-16,19-20,23-24,27-28,33,35,37H,1,3-14,17-18,21-22,25-26,29-30H2,2H3. The van der Waals surface area contributed by atoms with E-state index < -0.39 is 0 Å². The lowest BCUT2D eigenvalue weighted by Crippen LogP contribution is -2.27. The summed E-state index contributed by atoms with van der Waals surface area (Å²) in [5.41, 5.74) is 5.29. The summed E-state index contributed by atoms with van der Waals surface area (Å²) in [7, 11) is 0. The van der Waals surface area contributed by atoms with Gasteiger partial charge >= 0.3 is 0 Å². The zero-order valence-electron chi connectivity index (χ0n) is 25.5. The summed E-state index contributed by atoms with van der Waals surface area (Å²) in [5, 5.41) is 0. The summed E-state index contributed by atoms with van der Waals surface area (Å²) in [5.74, 6) is 2.92. The van der Waals surface area contributed by atoms with Gasteiger partial charge in [-0.3, -0.25) is 0 Å². The zero-order valence-corrected chi connectivity index (χ0v) is 25.5. The molecule has 4 rings (SSSR count). The van der Waals surface area contributed by atoms with Crippen LogP contribution in [0.4, 0.5) is 0 Å². The molecule has 2 heteroatoms. The summed E-state index contributed by atoms with van der Waals surface area (Å²) in [6.45, 7) is 8.12. The molecule has 2 aromatic rings. The van der Waals surface area contributed by atoms with Crippen molar-refractivity contribution >= 4 is 0 Å². The minimum atomic E-state index is 0.546. The number of rotatable bonds is 17. The van der Waals surface area contributed by atoms with Gasteiger partial charge in [-0.1, -0.05) is 105 Å². The summed E-state index contributed by atoms with van der Waals surface area (Å²) in [4.78, 5) is 0. The van der Waals surface area contributed by atoms with Gasteiger partial charge in [0.1, 0.15) is 5.75 Å². The smallest absolute Gasteiger partial charge is 0.119 e. The van der Waals surface area contributed by atoms with Gasteiger partial charge in [0.15, 0.2) is 0 Å². The highest BCUT2D eigenvalue weighted by Gasteiger charge is 2.29. The highest BCUT2D eigenvalue weighted by molar-refractivity contribution is 5.64. The van der Waals surface area contributed by atoms with Crippen molar-refractivity contribution < 1.29 is 9.47 Å². The van der Waals surface area contributed by atoms with E-state index in [0.29, 0.717) is 6.10 Å². The molecule has 0 radical (unpaired) electrons. The minimum Gasteiger partial charge on any atom is -0.494 e. The van der Waals surface area contributed by atoms with Crippen LogP contribution in [-0.4, -0.2) is 19.3 Å². The van der Waals surface area contributed by atoms with Crippen LogP contribution in [0.5, 0.6) is 5.75 Å². The molecule has 0 heterocycles. The second-order valence-corrected chi connectivity index (χ2v) is 12.8. The molecule has 0 aliphatic heterocycles. The molecule has 2 aliphatic rings. The zero-order chi connectivity index (χ0) is 27.8. The molecule has 0 atom stereocenters. The maximum atomic E-state index is 6.26. The molecule has 220 valence electrons. The van der Waals surface area contributed by atoms with Gasteiger partial charge in [0.05, 0.1) is 12.7 Å². The van der Waals surface area contributed by atoms with Gasteiger partial charge in [0.2, 0.25) is 0 Å². The lowest BCUT2D eigenvalue weighted by molar-refractivity contribution is 0.00745. The van der Waals surface area contributed by atoms with Crippen molar-refractivity contribution in [2.24, 2.45) is 11.8 Å². The molecular weight excluding hydrogens is 488 g/mol. The van der Waals surface area contributed by atoms with E-state index in [2.05, 4.69) is 62.0 Å². The number of ether oxygens (including phenoxy) is 2. The summed E-state index contributed by atoms with van der Waals surface area (Å²) in [6.07, 6.45) is 24.6. The Labute approximate surface area is 246 Å². The Morgan fingerprint density at radius 1 is 0.575 bits per heavy atom. The van der Waals surface area contributed by atoms with Gasteiger partial charge in [0.25, 0.3) is 0 Å². The number of benzene rings is 2.